The van der Waals surface area contributed by atoms with Crippen LogP contribution in [0.5, 0.6) is 0 Å². The van der Waals surface area contributed by atoms with Crippen LogP contribution in [0.3, 0.4) is 0 Å². The Hall–Kier alpha value is -1.86. The van der Waals surface area contributed by atoms with Crippen molar-refractivity contribution in [3.8, 4) is 11.3 Å². The summed E-state index contributed by atoms with van der Waals surface area (Å²) in [4.78, 5) is 2.99. The average molecular weight is 221 g/mol. The summed E-state index contributed by atoms with van der Waals surface area (Å²) < 4.78 is 0. The number of nitrogens with zero attached hydrogens (tertiary/aromatic N) is 3. The van der Waals surface area contributed by atoms with E-state index < -0.39 is 0 Å². The van der Waals surface area contributed by atoms with Gasteiger partial charge in [0.05, 0.1) is 22.3 Å². The van der Waals surface area contributed by atoms with E-state index in [0.29, 0.717) is 5.82 Å². The minimum atomic E-state index is 0. The summed E-state index contributed by atoms with van der Waals surface area (Å²) in [7, 11) is 0. The lowest BCUT2D eigenvalue weighted by Gasteiger charge is -1.95. The first kappa shape index (κ1) is 11.2. The Labute approximate surface area is 93.4 Å². The van der Waals surface area contributed by atoms with E-state index >= 15 is 0 Å². The lowest BCUT2D eigenvalue weighted by Crippen LogP contribution is -3.00. The number of benzene rings is 1. The first-order valence-electron chi connectivity index (χ1n) is 4.27. The molecule has 0 saturated heterocycles. The number of nitrogens with one attached hydrogen (secondary N) is 1. The first-order chi connectivity index (χ1) is 6.79. The molecule has 2 aromatic rings. The topological polar surface area (TPSA) is 56.8 Å². The molecule has 0 saturated carbocycles. The Kier molecular flexibility index (Phi) is 3.42. The number of H-pyrrole nitrogens is 1. The maximum Gasteiger partial charge on any atom is 0.488 e. The molecule has 1 aromatic heterocycles. The molecule has 76 valence electrons. The second-order valence-electron chi connectivity index (χ2n) is 3.11. The van der Waals surface area contributed by atoms with E-state index in [2.05, 4.69) is 15.2 Å². The average Bonchev–Trinajstić information content (AvgIpc) is 2.67. The Morgan fingerprint density at radius 1 is 1.27 bits per heavy atom. The number of aryl methyl sites for hydroxylation is 1. The van der Waals surface area contributed by atoms with Crippen molar-refractivity contribution < 1.29 is 12.4 Å². The highest BCUT2D eigenvalue weighted by Crippen LogP contribution is 2.20. The Morgan fingerprint density at radius 2 is 1.93 bits per heavy atom. The Morgan fingerprint density at radius 3 is 2.47 bits per heavy atom. The van der Waals surface area contributed by atoms with Crippen LogP contribution in [0.15, 0.2) is 30.3 Å². The number of hydrogen-bond donors (Lipinski definition) is 1. The van der Waals surface area contributed by atoms with Crippen molar-refractivity contribution in [2.24, 2.45) is 0 Å². The van der Waals surface area contributed by atoms with Gasteiger partial charge in [-0.1, -0.05) is 29.8 Å². The molecule has 0 spiro atoms. The molecule has 1 heterocycles. The fraction of sp³-hybridized carbons (Fsp3) is 0.100. The maximum absolute atomic E-state index is 8.48. The molecular formula is C10H9ClN4. The van der Waals surface area contributed by atoms with Gasteiger partial charge in [0, 0.05) is 10.5 Å². The van der Waals surface area contributed by atoms with Gasteiger partial charge in [-0.15, -0.1) is 0 Å². The third-order valence-corrected chi connectivity index (χ3v) is 2.03. The van der Waals surface area contributed by atoms with Crippen LogP contribution in [0.25, 0.3) is 16.2 Å². The molecule has 0 aliphatic carbocycles. The number of rotatable bonds is 1. The molecule has 0 fully saturated rings. The number of aromatic nitrogens is 2. The predicted octanol–water partition coefficient (Wildman–Crippen LogP) is -0.126. The highest BCUT2D eigenvalue weighted by Gasteiger charge is 2.11. The molecule has 2 rings (SSSR count). The van der Waals surface area contributed by atoms with Crippen LogP contribution < -0.4 is 12.4 Å². The van der Waals surface area contributed by atoms with Crippen LogP contribution >= 0.6 is 0 Å². The fourth-order valence-corrected chi connectivity index (χ4v) is 1.24. The normalized spacial score (nSPS) is 9.07. The zero-order valence-electron chi connectivity index (χ0n) is 8.11. The van der Waals surface area contributed by atoms with E-state index in [1.54, 1.807) is 6.07 Å². The SMILES string of the molecule is Cc1ccc(-c2cc([N+]#N)n[nH]2)cc1.[Cl-]. The molecule has 0 unspecified atom stereocenters. The summed E-state index contributed by atoms with van der Waals surface area (Å²) in [5, 5.41) is 15.1. The van der Waals surface area contributed by atoms with Gasteiger partial charge >= 0.3 is 5.82 Å². The van der Waals surface area contributed by atoms with Gasteiger partial charge in [-0.2, -0.15) is 5.10 Å². The van der Waals surface area contributed by atoms with Crippen LogP contribution in [-0.2, 0) is 0 Å². The van der Waals surface area contributed by atoms with Gasteiger partial charge in [0.1, 0.15) is 0 Å². The number of diazo groups is 1. The molecule has 0 atom stereocenters. The van der Waals surface area contributed by atoms with E-state index in [4.69, 9.17) is 5.39 Å². The van der Waals surface area contributed by atoms with Gasteiger partial charge in [0.25, 0.3) is 0 Å². The standard InChI is InChI=1S/C10H9N4.ClH/c1-7-2-4-8(5-3-7)9-6-10(12-11)14-13-9;/h2-6H,1H3,(H,13,14);1H/q+1;/p-1. The van der Waals surface area contributed by atoms with Crippen LogP contribution in [0.1, 0.15) is 5.56 Å². The summed E-state index contributed by atoms with van der Waals surface area (Å²) >= 11 is 0. The molecule has 5 heteroatoms. The quantitative estimate of drug-likeness (QED) is 0.681. The van der Waals surface area contributed by atoms with Crippen LogP contribution in [0, 0.1) is 12.3 Å². The third kappa shape index (κ3) is 2.33. The molecule has 1 N–H and O–H groups in total. The highest BCUT2D eigenvalue weighted by atomic mass is 35.5. The molecular weight excluding hydrogens is 212 g/mol. The Balaban J connectivity index is 0.00000112. The number of aromatic amines is 1. The third-order valence-electron chi connectivity index (χ3n) is 2.03. The van der Waals surface area contributed by atoms with Crippen LogP contribution in [0.4, 0.5) is 5.82 Å². The van der Waals surface area contributed by atoms with Gasteiger partial charge in [0.15, 0.2) is 0 Å². The lowest BCUT2D eigenvalue weighted by atomic mass is 10.1. The van der Waals surface area contributed by atoms with E-state index in [1.165, 1.54) is 5.56 Å². The zero-order valence-corrected chi connectivity index (χ0v) is 8.86. The molecule has 0 aliphatic rings. The fourth-order valence-electron chi connectivity index (χ4n) is 1.24. The summed E-state index contributed by atoms with van der Waals surface area (Å²) in [5.74, 6) is 0.292. The van der Waals surface area contributed by atoms with E-state index in [9.17, 15) is 0 Å². The largest absolute Gasteiger partial charge is 1.00 e. The predicted molar refractivity (Wildman–Crippen MR) is 53.5 cm³/mol. The minimum absolute atomic E-state index is 0. The molecule has 0 aliphatic heterocycles. The monoisotopic (exact) mass is 220 g/mol. The summed E-state index contributed by atoms with van der Waals surface area (Å²) in [6, 6.07) is 9.70. The molecule has 15 heavy (non-hydrogen) atoms. The molecule has 0 radical (unpaired) electrons. The van der Waals surface area contributed by atoms with Crippen molar-refractivity contribution >= 4 is 5.82 Å². The van der Waals surface area contributed by atoms with Gasteiger partial charge in [-0.25, -0.2) is 0 Å². The second-order valence-corrected chi connectivity index (χ2v) is 3.11. The van der Waals surface area contributed by atoms with E-state index in [0.717, 1.165) is 11.3 Å². The number of halogens is 1. The number of hydrogen-bond acceptors (Lipinski definition) is 2. The van der Waals surface area contributed by atoms with Crippen LogP contribution in [0.2, 0.25) is 0 Å². The second kappa shape index (κ2) is 4.58. The molecule has 1 aromatic carbocycles. The van der Waals surface area contributed by atoms with Gasteiger partial charge in [0.2, 0.25) is 0 Å². The van der Waals surface area contributed by atoms with Gasteiger partial charge in [-0.3, -0.25) is 0 Å². The smallest absolute Gasteiger partial charge is 0.488 e. The van der Waals surface area contributed by atoms with Crippen molar-refractivity contribution in [1.29, 1.82) is 5.39 Å². The summed E-state index contributed by atoms with van der Waals surface area (Å²) in [6.07, 6.45) is 0. The Bertz CT molecular complexity index is 481. The summed E-state index contributed by atoms with van der Waals surface area (Å²) in [6.45, 7) is 2.03. The van der Waals surface area contributed by atoms with Crippen molar-refractivity contribution in [3.63, 3.8) is 0 Å². The maximum atomic E-state index is 8.48. The first-order valence-corrected chi connectivity index (χ1v) is 4.27. The minimum Gasteiger partial charge on any atom is -1.00 e. The van der Waals surface area contributed by atoms with Gasteiger partial charge < -0.3 is 12.4 Å². The lowest BCUT2D eigenvalue weighted by molar-refractivity contribution is -0.00000321. The highest BCUT2D eigenvalue weighted by molar-refractivity contribution is 5.62. The van der Waals surface area contributed by atoms with Crippen LogP contribution in [-0.4, -0.2) is 10.2 Å². The van der Waals surface area contributed by atoms with Gasteiger partial charge in [-0.05, 0) is 6.92 Å². The summed E-state index contributed by atoms with van der Waals surface area (Å²) in [5.41, 5.74) is 3.08. The van der Waals surface area contributed by atoms with Crippen molar-refractivity contribution in [2.75, 3.05) is 0 Å². The van der Waals surface area contributed by atoms with E-state index in [-0.39, 0.29) is 12.4 Å². The van der Waals surface area contributed by atoms with Crippen molar-refractivity contribution in [2.45, 2.75) is 6.92 Å². The molecule has 0 amide bonds. The molecule has 4 nitrogen and oxygen atoms in total. The van der Waals surface area contributed by atoms with Crippen molar-refractivity contribution in [1.82, 2.24) is 10.2 Å². The van der Waals surface area contributed by atoms with Crippen molar-refractivity contribution in [3.05, 3.63) is 40.9 Å². The zero-order chi connectivity index (χ0) is 9.97. The molecule has 0 bridgehead atoms. The van der Waals surface area contributed by atoms with E-state index in [1.807, 2.05) is 31.2 Å².